The second kappa shape index (κ2) is 5.67. The monoisotopic (exact) mass is 195 g/mol. The number of hydrogen-bond acceptors (Lipinski definition) is 3. The molecule has 0 amide bonds. The van der Waals surface area contributed by atoms with Gasteiger partial charge in [-0.05, 0) is 11.4 Å². The van der Waals surface area contributed by atoms with Gasteiger partial charge in [0.05, 0.1) is 6.54 Å². The summed E-state index contributed by atoms with van der Waals surface area (Å²) in [5, 5.41) is 4.97. The van der Waals surface area contributed by atoms with Crippen molar-refractivity contribution < 1.29 is 4.79 Å². The number of carbonyl (C=O) groups is 1. The predicted octanol–water partition coefficient (Wildman–Crippen LogP) is 1.64. The van der Waals surface area contributed by atoms with E-state index in [9.17, 15) is 4.79 Å². The summed E-state index contributed by atoms with van der Waals surface area (Å²) in [6, 6.07) is 3.94. The first-order valence-corrected chi connectivity index (χ1v) is 5.06. The van der Waals surface area contributed by atoms with Crippen LogP contribution in [0.3, 0.4) is 0 Å². The summed E-state index contributed by atoms with van der Waals surface area (Å²) in [5.41, 5.74) is 0. The van der Waals surface area contributed by atoms with Gasteiger partial charge >= 0.3 is 0 Å². The second-order valence-electron chi connectivity index (χ2n) is 2.71. The van der Waals surface area contributed by atoms with Gasteiger partial charge in [0.1, 0.15) is 0 Å². The third-order valence-corrected chi connectivity index (χ3v) is 2.44. The number of nitrogens with one attached hydrogen (secondary N) is 1. The van der Waals surface area contributed by atoms with Gasteiger partial charge in [0, 0.05) is 17.8 Å². The molecule has 3 heteroatoms. The average molecular weight is 195 g/mol. The Hall–Kier alpha value is -0.930. The van der Waals surface area contributed by atoms with Gasteiger partial charge in [0.15, 0.2) is 5.78 Å². The lowest BCUT2D eigenvalue weighted by molar-refractivity contribution is -0.117. The molecule has 0 aliphatic carbocycles. The summed E-state index contributed by atoms with van der Waals surface area (Å²) in [6.45, 7) is 4.69. The van der Waals surface area contributed by atoms with E-state index in [2.05, 4.69) is 11.9 Å². The molecule has 1 aromatic heterocycles. The Morgan fingerprint density at radius 1 is 1.69 bits per heavy atom. The third-order valence-electron chi connectivity index (χ3n) is 1.56. The fraction of sp³-hybridized carbons (Fsp3) is 0.300. The van der Waals surface area contributed by atoms with Crippen LogP contribution in [0.15, 0.2) is 30.2 Å². The van der Waals surface area contributed by atoms with E-state index in [1.54, 1.807) is 17.4 Å². The Kier molecular flexibility index (Phi) is 4.43. The molecule has 0 fully saturated rings. The molecule has 0 saturated heterocycles. The second-order valence-corrected chi connectivity index (χ2v) is 3.75. The maximum Gasteiger partial charge on any atom is 0.151 e. The first-order valence-electron chi connectivity index (χ1n) is 4.18. The van der Waals surface area contributed by atoms with Crippen LogP contribution in [-0.4, -0.2) is 18.9 Å². The molecule has 70 valence electrons. The van der Waals surface area contributed by atoms with Gasteiger partial charge in [-0.15, -0.1) is 17.9 Å². The van der Waals surface area contributed by atoms with Crippen molar-refractivity contribution in [2.45, 2.75) is 6.42 Å². The standard InChI is InChI=1S/C10H13NOS/c1-2-5-11-8-9(12)7-10-4-3-6-13-10/h2-4,6,11H,1,5,7-8H2. The van der Waals surface area contributed by atoms with Crippen molar-refractivity contribution in [2.75, 3.05) is 13.1 Å². The molecule has 1 aromatic rings. The number of ketones is 1. The van der Waals surface area contributed by atoms with Gasteiger partial charge in [-0.3, -0.25) is 4.79 Å². The van der Waals surface area contributed by atoms with Gasteiger partial charge in [-0.2, -0.15) is 0 Å². The molecule has 1 heterocycles. The maximum absolute atomic E-state index is 11.3. The van der Waals surface area contributed by atoms with E-state index >= 15 is 0 Å². The van der Waals surface area contributed by atoms with Crippen LogP contribution >= 0.6 is 11.3 Å². The average Bonchev–Trinajstić information content (AvgIpc) is 2.57. The van der Waals surface area contributed by atoms with Gasteiger partial charge in [-0.1, -0.05) is 12.1 Å². The first-order chi connectivity index (χ1) is 6.33. The van der Waals surface area contributed by atoms with Crippen LogP contribution < -0.4 is 5.32 Å². The van der Waals surface area contributed by atoms with Crippen molar-refractivity contribution in [2.24, 2.45) is 0 Å². The highest BCUT2D eigenvalue weighted by molar-refractivity contribution is 7.10. The first kappa shape index (κ1) is 10.2. The van der Waals surface area contributed by atoms with Gasteiger partial charge in [0.2, 0.25) is 0 Å². The lowest BCUT2D eigenvalue weighted by Gasteiger charge is -1.99. The molecule has 0 aromatic carbocycles. The van der Waals surface area contributed by atoms with Gasteiger partial charge in [-0.25, -0.2) is 0 Å². The maximum atomic E-state index is 11.3. The van der Waals surface area contributed by atoms with Crippen molar-refractivity contribution in [1.82, 2.24) is 5.32 Å². The number of hydrogen-bond donors (Lipinski definition) is 1. The summed E-state index contributed by atoms with van der Waals surface area (Å²) in [6.07, 6.45) is 2.29. The largest absolute Gasteiger partial charge is 0.307 e. The van der Waals surface area contributed by atoms with Crippen LogP contribution in [0, 0.1) is 0 Å². The highest BCUT2D eigenvalue weighted by Crippen LogP contribution is 2.08. The third kappa shape index (κ3) is 4.01. The Morgan fingerprint density at radius 2 is 2.54 bits per heavy atom. The van der Waals surface area contributed by atoms with E-state index in [4.69, 9.17) is 0 Å². The minimum Gasteiger partial charge on any atom is -0.307 e. The van der Waals surface area contributed by atoms with Crippen molar-refractivity contribution in [3.05, 3.63) is 35.0 Å². The molecule has 0 radical (unpaired) electrons. The lowest BCUT2D eigenvalue weighted by atomic mass is 10.2. The van der Waals surface area contributed by atoms with E-state index < -0.39 is 0 Å². The molecular weight excluding hydrogens is 182 g/mol. The van der Waals surface area contributed by atoms with E-state index in [1.807, 2.05) is 17.5 Å². The molecule has 0 unspecified atom stereocenters. The smallest absolute Gasteiger partial charge is 0.151 e. The zero-order chi connectivity index (χ0) is 9.52. The molecule has 0 spiro atoms. The minimum atomic E-state index is 0.226. The number of carbonyl (C=O) groups excluding carboxylic acids is 1. The topological polar surface area (TPSA) is 29.1 Å². The predicted molar refractivity (Wildman–Crippen MR) is 56.1 cm³/mol. The molecule has 1 N–H and O–H groups in total. The highest BCUT2D eigenvalue weighted by Gasteiger charge is 2.02. The van der Waals surface area contributed by atoms with Gasteiger partial charge < -0.3 is 5.32 Å². The van der Waals surface area contributed by atoms with E-state index in [1.165, 1.54) is 0 Å². The molecule has 0 atom stereocenters. The number of thiophene rings is 1. The molecule has 0 saturated carbocycles. The molecule has 1 rings (SSSR count). The normalized spacial score (nSPS) is 9.85. The van der Waals surface area contributed by atoms with Crippen molar-refractivity contribution in [3.63, 3.8) is 0 Å². The molecule has 0 aliphatic heterocycles. The Balaban J connectivity index is 2.22. The van der Waals surface area contributed by atoms with E-state index in [0.717, 1.165) is 4.88 Å². The van der Waals surface area contributed by atoms with Crippen LogP contribution in [-0.2, 0) is 11.2 Å². The van der Waals surface area contributed by atoms with Crippen molar-refractivity contribution in [1.29, 1.82) is 0 Å². The molecule has 2 nitrogen and oxygen atoms in total. The molecule has 0 bridgehead atoms. The van der Waals surface area contributed by atoms with Crippen LogP contribution in [0.2, 0.25) is 0 Å². The quantitative estimate of drug-likeness (QED) is 0.552. The summed E-state index contributed by atoms with van der Waals surface area (Å²) >= 11 is 1.62. The van der Waals surface area contributed by atoms with Crippen LogP contribution in [0.5, 0.6) is 0 Å². The van der Waals surface area contributed by atoms with Crippen LogP contribution in [0.25, 0.3) is 0 Å². The minimum absolute atomic E-state index is 0.226. The fourth-order valence-electron chi connectivity index (χ4n) is 0.984. The van der Waals surface area contributed by atoms with E-state index in [-0.39, 0.29) is 5.78 Å². The Labute approximate surface area is 82.3 Å². The highest BCUT2D eigenvalue weighted by atomic mass is 32.1. The van der Waals surface area contributed by atoms with Crippen molar-refractivity contribution >= 4 is 17.1 Å². The summed E-state index contributed by atoms with van der Waals surface area (Å²) in [7, 11) is 0. The number of Topliss-reactive ketones (excluding diaryl/α,β-unsaturated/α-hetero) is 1. The Morgan fingerprint density at radius 3 is 3.15 bits per heavy atom. The summed E-state index contributed by atoms with van der Waals surface area (Å²) < 4.78 is 0. The molecule has 0 aliphatic rings. The zero-order valence-electron chi connectivity index (χ0n) is 7.45. The van der Waals surface area contributed by atoms with Crippen LogP contribution in [0.1, 0.15) is 4.88 Å². The summed E-state index contributed by atoms with van der Waals surface area (Å²) in [4.78, 5) is 12.4. The van der Waals surface area contributed by atoms with Crippen LogP contribution in [0.4, 0.5) is 0 Å². The van der Waals surface area contributed by atoms with Gasteiger partial charge in [0.25, 0.3) is 0 Å². The van der Waals surface area contributed by atoms with E-state index in [0.29, 0.717) is 19.5 Å². The number of rotatable bonds is 6. The zero-order valence-corrected chi connectivity index (χ0v) is 8.27. The summed E-state index contributed by atoms with van der Waals surface area (Å²) in [5.74, 6) is 0.226. The SMILES string of the molecule is C=CCNCC(=O)Cc1cccs1. The lowest BCUT2D eigenvalue weighted by Crippen LogP contribution is -2.23. The van der Waals surface area contributed by atoms with Crippen molar-refractivity contribution in [3.8, 4) is 0 Å². The fourth-order valence-corrected chi connectivity index (χ4v) is 1.72. The Bertz CT molecular complexity index is 266. The molecule has 13 heavy (non-hydrogen) atoms. The molecular formula is C10H13NOS.